The average Bonchev–Trinajstić information content (AvgIpc) is 2.73. The van der Waals surface area contributed by atoms with Crippen molar-refractivity contribution in [2.45, 2.75) is 50.2 Å². The Bertz CT molecular complexity index is 855. The number of carboxylic acid groups (broad SMARTS) is 2. The molecule has 0 bridgehead atoms. The van der Waals surface area contributed by atoms with E-state index in [4.69, 9.17) is 22.3 Å². The van der Waals surface area contributed by atoms with E-state index >= 15 is 0 Å². The van der Waals surface area contributed by atoms with Gasteiger partial charge in [0.25, 0.3) is 0 Å². The van der Waals surface area contributed by atoms with Gasteiger partial charge in [-0.15, -0.1) is 0 Å². The zero-order valence-corrected chi connectivity index (χ0v) is 17.9. The summed E-state index contributed by atoms with van der Waals surface area (Å²) in [4.78, 5) is 51.2. The van der Waals surface area contributed by atoms with Crippen LogP contribution in [0.2, 0.25) is 0 Å². The van der Waals surface area contributed by atoms with Gasteiger partial charge in [0.15, 0.2) is 5.96 Å². The fourth-order valence-electron chi connectivity index (χ4n) is 2.83. The molecule has 2 amide bonds. The number of phenolic OH excluding ortho intramolecular Hbond substituents is 1. The fourth-order valence-corrected chi connectivity index (χ4v) is 2.83. The van der Waals surface area contributed by atoms with Gasteiger partial charge in [-0.25, -0.2) is 4.79 Å². The van der Waals surface area contributed by atoms with Crippen molar-refractivity contribution in [3.8, 4) is 5.75 Å². The molecule has 0 radical (unpaired) electrons. The summed E-state index contributed by atoms with van der Waals surface area (Å²) >= 11 is 0. The van der Waals surface area contributed by atoms with Crippen LogP contribution in [0, 0.1) is 0 Å². The number of hydrogen-bond acceptors (Lipinski definition) is 7. The van der Waals surface area contributed by atoms with Gasteiger partial charge in [0.1, 0.15) is 17.8 Å². The highest BCUT2D eigenvalue weighted by molar-refractivity contribution is 5.92. The van der Waals surface area contributed by atoms with Gasteiger partial charge in [-0.05, 0) is 43.4 Å². The second-order valence-electron chi connectivity index (χ2n) is 7.32. The number of guanidine groups is 1. The standard InChI is InChI=1S/C20H30N6O7/c21-13(10-11-3-5-12(27)6-4-11)17(30)25-14(2-1-9-24-20(22)23)18(31)26-15(19(32)33)7-8-16(28)29/h3-6,13-15,27H,1-2,7-10,21H2,(H,25,30)(H,26,31)(H,28,29)(H,32,33)(H4,22,23,24)/t13-,14-,15-/m0/s1. The van der Waals surface area contributed by atoms with Crippen molar-refractivity contribution in [3.05, 3.63) is 29.8 Å². The Balaban J connectivity index is 2.85. The summed E-state index contributed by atoms with van der Waals surface area (Å²) < 4.78 is 0. The second kappa shape index (κ2) is 13.5. The molecule has 0 heterocycles. The Morgan fingerprint density at radius 3 is 2.09 bits per heavy atom. The van der Waals surface area contributed by atoms with E-state index in [2.05, 4.69) is 15.6 Å². The van der Waals surface area contributed by atoms with Crippen molar-refractivity contribution in [3.63, 3.8) is 0 Å². The van der Waals surface area contributed by atoms with Crippen LogP contribution in [-0.4, -0.2) is 69.7 Å². The topological polar surface area (TPSA) is 243 Å². The Morgan fingerprint density at radius 2 is 1.55 bits per heavy atom. The molecular formula is C20H30N6O7. The molecule has 0 saturated carbocycles. The lowest BCUT2D eigenvalue weighted by Gasteiger charge is -2.22. The van der Waals surface area contributed by atoms with Crippen LogP contribution in [0.4, 0.5) is 0 Å². The molecule has 0 aliphatic heterocycles. The van der Waals surface area contributed by atoms with Gasteiger partial charge in [0, 0.05) is 13.0 Å². The van der Waals surface area contributed by atoms with Crippen molar-refractivity contribution >= 4 is 29.7 Å². The maximum absolute atomic E-state index is 12.7. The molecule has 13 nitrogen and oxygen atoms in total. The molecule has 0 aromatic heterocycles. The minimum atomic E-state index is -1.45. The first kappa shape index (κ1) is 27.2. The molecule has 0 aliphatic rings. The highest BCUT2D eigenvalue weighted by atomic mass is 16.4. The Kier molecular flexibility index (Phi) is 11.1. The molecule has 0 spiro atoms. The summed E-state index contributed by atoms with van der Waals surface area (Å²) in [6.45, 7) is 0.170. The van der Waals surface area contributed by atoms with E-state index in [-0.39, 0.29) is 43.9 Å². The van der Waals surface area contributed by atoms with Gasteiger partial charge < -0.3 is 43.2 Å². The van der Waals surface area contributed by atoms with Crippen molar-refractivity contribution in [2.24, 2.45) is 22.2 Å². The van der Waals surface area contributed by atoms with Crippen molar-refractivity contribution in [1.29, 1.82) is 0 Å². The van der Waals surface area contributed by atoms with Crippen LogP contribution in [0.15, 0.2) is 29.3 Å². The molecule has 1 rings (SSSR count). The Morgan fingerprint density at radius 1 is 0.939 bits per heavy atom. The van der Waals surface area contributed by atoms with Gasteiger partial charge in [-0.3, -0.25) is 19.4 Å². The van der Waals surface area contributed by atoms with Crippen molar-refractivity contribution < 1.29 is 34.5 Å². The first-order valence-corrected chi connectivity index (χ1v) is 10.1. The Labute approximate surface area is 190 Å². The van der Waals surface area contributed by atoms with Crippen molar-refractivity contribution in [1.82, 2.24) is 10.6 Å². The third kappa shape index (κ3) is 10.8. The lowest BCUT2D eigenvalue weighted by molar-refractivity contribution is -0.143. The summed E-state index contributed by atoms with van der Waals surface area (Å²) in [5, 5.41) is 32.1. The van der Waals surface area contributed by atoms with Gasteiger partial charge in [0.2, 0.25) is 11.8 Å². The molecule has 13 heteroatoms. The van der Waals surface area contributed by atoms with E-state index in [1.54, 1.807) is 12.1 Å². The predicted molar refractivity (Wildman–Crippen MR) is 118 cm³/mol. The monoisotopic (exact) mass is 466 g/mol. The number of aliphatic imine (C=N–C) groups is 1. The normalized spacial score (nSPS) is 13.2. The van der Waals surface area contributed by atoms with Crippen LogP contribution in [0.3, 0.4) is 0 Å². The molecule has 1 aromatic carbocycles. The zero-order chi connectivity index (χ0) is 25.0. The summed E-state index contributed by atoms with van der Waals surface area (Å²) in [6, 6.07) is 2.47. The zero-order valence-electron chi connectivity index (χ0n) is 17.9. The van der Waals surface area contributed by atoms with E-state index in [0.29, 0.717) is 5.56 Å². The van der Waals surface area contributed by atoms with E-state index in [0.717, 1.165) is 0 Å². The second-order valence-corrected chi connectivity index (χ2v) is 7.32. The van der Waals surface area contributed by atoms with Crippen LogP contribution in [0.1, 0.15) is 31.2 Å². The smallest absolute Gasteiger partial charge is 0.326 e. The van der Waals surface area contributed by atoms with Gasteiger partial charge in [0.05, 0.1) is 6.04 Å². The van der Waals surface area contributed by atoms with Crippen molar-refractivity contribution in [2.75, 3.05) is 6.54 Å². The SMILES string of the molecule is NC(N)=NCCC[C@H](NC(=O)[C@@H](N)Cc1ccc(O)cc1)C(=O)N[C@@H](CCC(=O)O)C(=O)O. The number of rotatable bonds is 14. The molecule has 11 N–H and O–H groups in total. The van der Waals surface area contributed by atoms with E-state index in [1.807, 2.05) is 0 Å². The molecule has 0 fully saturated rings. The number of aromatic hydroxyl groups is 1. The minimum absolute atomic E-state index is 0.0603. The first-order valence-electron chi connectivity index (χ1n) is 10.1. The van der Waals surface area contributed by atoms with Crippen LogP contribution in [0.25, 0.3) is 0 Å². The number of hydrogen-bond donors (Lipinski definition) is 8. The molecule has 182 valence electrons. The third-order valence-electron chi connectivity index (χ3n) is 4.57. The molecule has 33 heavy (non-hydrogen) atoms. The molecule has 1 aromatic rings. The number of nitrogens with two attached hydrogens (primary N) is 3. The predicted octanol–water partition coefficient (Wildman–Crippen LogP) is -1.77. The number of amides is 2. The highest BCUT2D eigenvalue weighted by Crippen LogP contribution is 2.11. The van der Waals surface area contributed by atoms with Crippen LogP contribution in [0.5, 0.6) is 5.75 Å². The maximum Gasteiger partial charge on any atom is 0.326 e. The number of carbonyl (C=O) groups excluding carboxylic acids is 2. The van der Waals surface area contributed by atoms with Crippen LogP contribution >= 0.6 is 0 Å². The van der Waals surface area contributed by atoms with Gasteiger partial charge in [-0.2, -0.15) is 0 Å². The number of benzene rings is 1. The van der Waals surface area contributed by atoms with E-state index in [9.17, 15) is 29.4 Å². The van der Waals surface area contributed by atoms with Gasteiger partial charge in [-0.1, -0.05) is 12.1 Å². The molecule has 3 atom stereocenters. The van der Waals surface area contributed by atoms with Crippen LogP contribution in [-0.2, 0) is 25.6 Å². The molecular weight excluding hydrogens is 436 g/mol. The van der Waals surface area contributed by atoms with Gasteiger partial charge >= 0.3 is 11.9 Å². The number of carboxylic acids is 2. The van der Waals surface area contributed by atoms with E-state index < -0.39 is 48.3 Å². The minimum Gasteiger partial charge on any atom is -0.508 e. The summed E-state index contributed by atoms with van der Waals surface area (Å²) in [5.41, 5.74) is 17.1. The fraction of sp³-hybridized carbons (Fsp3) is 0.450. The lowest BCUT2D eigenvalue weighted by Crippen LogP contribution is -2.54. The molecule has 0 saturated heterocycles. The number of phenols is 1. The number of carbonyl (C=O) groups is 4. The first-order chi connectivity index (χ1) is 15.5. The maximum atomic E-state index is 12.7. The Hall–Kier alpha value is -3.87. The largest absolute Gasteiger partial charge is 0.508 e. The third-order valence-corrected chi connectivity index (χ3v) is 4.57. The van der Waals surface area contributed by atoms with E-state index in [1.165, 1.54) is 12.1 Å². The molecule has 0 unspecified atom stereocenters. The highest BCUT2D eigenvalue weighted by Gasteiger charge is 2.28. The van der Waals surface area contributed by atoms with Crippen LogP contribution < -0.4 is 27.8 Å². The molecule has 0 aliphatic carbocycles. The number of nitrogens with zero attached hydrogens (tertiary/aromatic N) is 1. The lowest BCUT2D eigenvalue weighted by atomic mass is 10.0. The number of nitrogens with one attached hydrogen (secondary N) is 2. The average molecular weight is 466 g/mol. The summed E-state index contributed by atoms with van der Waals surface area (Å²) in [7, 11) is 0. The summed E-state index contributed by atoms with van der Waals surface area (Å²) in [6.07, 6.45) is -0.297. The number of aliphatic carboxylic acids is 2. The summed E-state index contributed by atoms with van der Waals surface area (Å²) in [5.74, 6) is -4.15. The quantitative estimate of drug-likeness (QED) is 0.0871.